The molecule has 0 heteroatoms. The number of aryl methyl sites for hydroxylation is 1. The van der Waals surface area contributed by atoms with Gasteiger partial charge in [0.15, 0.2) is 0 Å². The molecule has 0 aliphatic heterocycles. The van der Waals surface area contributed by atoms with E-state index in [1.807, 2.05) is 0 Å². The molecule has 0 aromatic heterocycles. The van der Waals surface area contributed by atoms with Crippen molar-refractivity contribution in [2.75, 3.05) is 0 Å². The first-order chi connectivity index (χ1) is 8.78. The number of benzene rings is 1. The Morgan fingerprint density at radius 2 is 1.83 bits per heavy atom. The second-order valence-corrected chi connectivity index (χ2v) is 7.08. The summed E-state index contributed by atoms with van der Waals surface area (Å²) in [7, 11) is 0. The van der Waals surface area contributed by atoms with Crippen LogP contribution in [0.25, 0.3) is 0 Å². The minimum absolute atomic E-state index is 0.635. The molecule has 0 amide bonds. The van der Waals surface area contributed by atoms with Gasteiger partial charge in [-0.1, -0.05) is 25.5 Å². The highest BCUT2D eigenvalue weighted by molar-refractivity contribution is 5.46. The molecule has 0 bridgehead atoms. The van der Waals surface area contributed by atoms with Crippen molar-refractivity contribution in [1.82, 2.24) is 0 Å². The third kappa shape index (κ3) is 1.44. The Hall–Kier alpha value is -0.780. The quantitative estimate of drug-likeness (QED) is 0.612. The number of fused-ring (bicyclic) bond motifs is 5. The Balaban J connectivity index is 1.85. The predicted molar refractivity (Wildman–Crippen MR) is 76.1 cm³/mol. The Labute approximate surface area is 111 Å². The lowest BCUT2D eigenvalue weighted by Crippen LogP contribution is -2.28. The second kappa shape index (κ2) is 3.85. The van der Waals surface area contributed by atoms with Crippen LogP contribution >= 0.6 is 0 Å². The minimum Gasteiger partial charge on any atom is -0.0590 e. The van der Waals surface area contributed by atoms with Gasteiger partial charge in [0.1, 0.15) is 0 Å². The highest BCUT2D eigenvalue weighted by Crippen LogP contribution is 2.56. The number of hydrogen-bond donors (Lipinski definition) is 0. The molecule has 18 heavy (non-hydrogen) atoms. The molecule has 0 N–H and O–H groups in total. The summed E-state index contributed by atoms with van der Waals surface area (Å²) < 4.78 is 0. The predicted octanol–water partition coefficient (Wildman–Crippen LogP) is 4.79. The van der Waals surface area contributed by atoms with E-state index in [1.54, 1.807) is 22.3 Å². The molecular weight excluding hydrogens is 216 g/mol. The Bertz CT molecular complexity index is 485. The topological polar surface area (TPSA) is 0 Å². The average Bonchev–Trinajstić information content (AvgIpc) is 2.80. The van der Waals surface area contributed by atoms with Crippen LogP contribution in [0.3, 0.4) is 0 Å². The number of rotatable bonds is 0. The summed E-state index contributed by atoms with van der Waals surface area (Å²) in [5.74, 6) is 0.883. The van der Waals surface area contributed by atoms with Gasteiger partial charge in [0.2, 0.25) is 0 Å². The zero-order valence-corrected chi connectivity index (χ0v) is 11.6. The summed E-state index contributed by atoms with van der Waals surface area (Å²) >= 11 is 0. The van der Waals surface area contributed by atoms with Crippen LogP contribution in [0.15, 0.2) is 12.1 Å². The molecule has 96 valence electrons. The maximum absolute atomic E-state index is 2.55. The van der Waals surface area contributed by atoms with Crippen LogP contribution in [0.4, 0.5) is 0 Å². The van der Waals surface area contributed by atoms with Crippen LogP contribution in [-0.2, 0) is 19.3 Å². The Kier molecular flexibility index (Phi) is 2.37. The van der Waals surface area contributed by atoms with E-state index in [0.717, 1.165) is 5.92 Å². The molecule has 0 nitrogen and oxygen atoms in total. The molecule has 1 fully saturated rings. The smallest absolute Gasteiger partial charge is 0.0105 e. The molecule has 3 aliphatic carbocycles. The molecule has 0 heterocycles. The van der Waals surface area contributed by atoms with Gasteiger partial charge in [-0.25, -0.2) is 0 Å². The molecule has 1 saturated carbocycles. The van der Waals surface area contributed by atoms with E-state index in [9.17, 15) is 0 Å². The molecule has 2 atom stereocenters. The molecular formula is C18H24. The first-order valence-electron chi connectivity index (χ1n) is 7.91. The van der Waals surface area contributed by atoms with Crippen molar-refractivity contribution in [1.29, 1.82) is 0 Å². The van der Waals surface area contributed by atoms with Gasteiger partial charge in [-0.15, -0.1) is 0 Å². The lowest BCUT2D eigenvalue weighted by atomic mass is 9.65. The average molecular weight is 240 g/mol. The van der Waals surface area contributed by atoms with Crippen LogP contribution in [0.1, 0.15) is 73.6 Å². The van der Waals surface area contributed by atoms with E-state index in [1.165, 1.54) is 57.8 Å². The van der Waals surface area contributed by atoms with E-state index >= 15 is 0 Å². The normalized spacial score (nSPS) is 33.7. The highest BCUT2D eigenvalue weighted by atomic mass is 14.5. The van der Waals surface area contributed by atoms with Gasteiger partial charge in [-0.2, -0.15) is 0 Å². The van der Waals surface area contributed by atoms with Crippen molar-refractivity contribution in [3.63, 3.8) is 0 Å². The van der Waals surface area contributed by atoms with Gasteiger partial charge in [0.25, 0.3) is 0 Å². The first kappa shape index (κ1) is 11.1. The van der Waals surface area contributed by atoms with Crippen molar-refractivity contribution in [2.45, 2.75) is 70.6 Å². The van der Waals surface area contributed by atoms with E-state index in [0.29, 0.717) is 5.41 Å². The second-order valence-electron chi connectivity index (χ2n) is 7.08. The molecule has 3 aliphatic rings. The van der Waals surface area contributed by atoms with Crippen molar-refractivity contribution in [3.05, 3.63) is 34.4 Å². The lowest BCUT2D eigenvalue weighted by molar-refractivity contribution is 0.251. The molecule has 0 unspecified atom stereocenters. The molecule has 0 spiro atoms. The van der Waals surface area contributed by atoms with Gasteiger partial charge in [-0.3, -0.25) is 0 Å². The van der Waals surface area contributed by atoms with Crippen LogP contribution in [0.5, 0.6) is 0 Å². The highest BCUT2D eigenvalue weighted by Gasteiger charge is 2.43. The van der Waals surface area contributed by atoms with Crippen molar-refractivity contribution in [3.8, 4) is 0 Å². The first-order valence-corrected chi connectivity index (χ1v) is 7.91. The molecule has 0 saturated heterocycles. The zero-order valence-electron chi connectivity index (χ0n) is 11.6. The fourth-order valence-corrected chi connectivity index (χ4v) is 5.02. The van der Waals surface area contributed by atoms with Gasteiger partial charge in [-0.05, 0) is 85.0 Å². The van der Waals surface area contributed by atoms with Gasteiger partial charge in [0, 0.05) is 0 Å². The summed E-state index contributed by atoms with van der Waals surface area (Å²) in [6, 6.07) is 4.98. The largest absolute Gasteiger partial charge is 0.0590 e. The molecule has 1 aromatic rings. The van der Waals surface area contributed by atoms with Crippen LogP contribution in [-0.4, -0.2) is 0 Å². The van der Waals surface area contributed by atoms with E-state index in [4.69, 9.17) is 0 Å². The fourth-order valence-electron chi connectivity index (χ4n) is 5.02. The van der Waals surface area contributed by atoms with Gasteiger partial charge in [0.05, 0.1) is 0 Å². The maximum atomic E-state index is 2.55. The monoisotopic (exact) mass is 240 g/mol. The van der Waals surface area contributed by atoms with Gasteiger partial charge >= 0.3 is 0 Å². The SMILES string of the molecule is C[C@@]12CCC[C@H]1c1ccc3c(c1CC2)CCCC3. The zero-order chi connectivity index (χ0) is 12.2. The van der Waals surface area contributed by atoms with E-state index < -0.39 is 0 Å². The summed E-state index contributed by atoms with van der Waals surface area (Å²) in [6.45, 7) is 2.55. The fraction of sp³-hybridized carbons (Fsp3) is 0.667. The van der Waals surface area contributed by atoms with E-state index in [-0.39, 0.29) is 0 Å². The van der Waals surface area contributed by atoms with E-state index in [2.05, 4.69) is 19.1 Å². The third-order valence-corrected chi connectivity index (χ3v) is 6.09. The maximum Gasteiger partial charge on any atom is -0.0105 e. The third-order valence-electron chi connectivity index (χ3n) is 6.09. The van der Waals surface area contributed by atoms with Crippen molar-refractivity contribution >= 4 is 0 Å². The van der Waals surface area contributed by atoms with Crippen LogP contribution in [0.2, 0.25) is 0 Å². The van der Waals surface area contributed by atoms with Crippen LogP contribution in [0, 0.1) is 5.41 Å². The van der Waals surface area contributed by atoms with Gasteiger partial charge < -0.3 is 0 Å². The van der Waals surface area contributed by atoms with Crippen molar-refractivity contribution in [2.24, 2.45) is 5.41 Å². The summed E-state index contributed by atoms with van der Waals surface area (Å²) in [5.41, 5.74) is 7.63. The minimum atomic E-state index is 0.635. The molecule has 1 aromatic carbocycles. The van der Waals surface area contributed by atoms with Crippen molar-refractivity contribution < 1.29 is 0 Å². The Morgan fingerprint density at radius 1 is 0.944 bits per heavy atom. The van der Waals surface area contributed by atoms with Crippen LogP contribution < -0.4 is 0 Å². The molecule has 4 rings (SSSR count). The lowest BCUT2D eigenvalue weighted by Gasteiger charge is -2.39. The summed E-state index contributed by atoms with van der Waals surface area (Å²) in [6.07, 6.45) is 12.7. The summed E-state index contributed by atoms with van der Waals surface area (Å²) in [5, 5.41) is 0. The number of hydrogen-bond acceptors (Lipinski definition) is 0. The summed E-state index contributed by atoms with van der Waals surface area (Å²) in [4.78, 5) is 0. The molecule has 0 radical (unpaired) electrons. The standard InChI is InChI=1S/C18H24/c1-18-11-4-7-17(18)16-9-8-13-5-2-3-6-14(13)15(16)10-12-18/h8-9,17H,2-7,10-12H2,1H3/t17-,18-/m0/s1. The Morgan fingerprint density at radius 3 is 2.78 bits per heavy atom.